The van der Waals surface area contributed by atoms with Gasteiger partial charge >= 0.3 is 5.97 Å². The van der Waals surface area contributed by atoms with Crippen LogP contribution in [0.25, 0.3) is 0 Å². The third-order valence-electron chi connectivity index (χ3n) is 5.37. The molecule has 8 heteroatoms. The van der Waals surface area contributed by atoms with Gasteiger partial charge < -0.3 is 4.74 Å². The molecule has 1 N–H and O–H groups in total. The molecule has 0 aliphatic heterocycles. The molecule has 24 heavy (non-hydrogen) atoms. The molecule has 1 aromatic heterocycles. The second kappa shape index (κ2) is 5.40. The molecule has 0 saturated heterocycles. The SMILES string of the molecule is CCOC(=O)C1(c2cnnc(NS(=O)(=O)C3CC3)c2)CC2CC2C1. The number of fused-ring (bicyclic) bond motifs is 1. The minimum Gasteiger partial charge on any atom is -0.465 e. The molecule has 0 bridgehead atoms. The van der Waals surface area contributed by atoms with Gasteiger partial charge in [0, 0.05) is 0 Å². The summed E-state index contributed by atoms with van der Waals surface area (Å²) in [4.78, 5) is 12.6. The van der Waals surface area contributed by atoms with Gasteiger partial charge in [0.25, 0.3) is 0 Å². The van der Waals surface area contributed by atoms with Crippen molar-refractivity contribution in [3.63, 3.8) is 0 Å². The van der Waals surface area contributed by atoms with Crippen molar-refractivity contribution in [2.24, 2.45) is 11.8 Å². The van der Waals surface area contributed by atoms with Crippen molar-refractivity contribution in [2.45, 2.75) is 49.7 Å². The molecule has 0 spiro atoms. The number of hydrogen-bond donors (Lipinski definition) is 1. The molecule has 2 unspecified atom stereocenters. The Hall–Kier alpha value is -1.70. The van der Waals surface area contributed by atoms with Crippen LogP contribution in [0.15, 0.2) is 12.3 Å². The van der Waals surface area contributed by atoms with Crippen molar-refractivity contribution in [3.05, 3.63) is 17.8 Å². The average Bonchev–Trinajstić information content (AvgIpc) is 3.46. The summed E-state index contributed by atoms with van der Waals surface area (Å²) in [5.41, 5.74) is -0.00379. The molecule has 7 nitrogen and oxygen atoms in total. The third-order valence-corrected chi connectivity index (χ3v) is 7.22. The molecule has 1 heterocycles. The van der Waals surface area contributed by atoms with Gasteiger partial charge in [0.15, 0.2) is 5.82 Å². The normalized spacial score (nSPS) is 31.4. The second-order valence-corrected chi connectivity index (χ2v) is 9.10. The van der Waals surface area contributed by atoms with E-state index in [0.29, 0.717) is 36.8 Å². The number of esters is 1. The van der Waals surface area contributed by atoms with Crippen LogP contribution in [0.5, 0.6) is 0 Å². The van der Waals surface area contributed by atoms with Crippen LogP contribution in [0.4, 0.5) is 5.82 Å². The predicted octanol–water partition coefficient (Wildman–Crippen LogP) is 1.61. The fourth-order valence-corrected chi connectivity index (χ4v) is 5.18. The summed E-state index contributed by atoms with van der Waals surface area (Å²) in [6.45, 7) is 2.12. The summed E-state index contributed by atoms with van der Waals surface area (Å²) in [5, 5.41) is 7.48. The summed E-state index contributed by atoms with van der Waals surface area (Å²) in [5.74, 6) is 1.08. The van der Waals surface area contributed by atoms with Crippen molar-refractivity contribution < 1.29 is 17.9 Å². The van der Waals surface area contributed by atoms with Crippen LogP contribution in [0.2, 0.25) is 0 Å². The summed E-state index contributed by atoms with van der Waals surface area (Å²) in [6, 6.07) is 1.65. The highest BCUT2D eigenvalue weighted by atomic mass is 32.2. The molecule has 3 aliphatic rings. The third kappa shape index (κ3) is 2.66. The number of ether oxygens (including phenoxy) is 1. The molecule has 130 valence electrons. The van der Waals surface area contributed by atoms with Gasteiger partial charge in [-0.15, -0.1) is 5.10 Å². The fraction of sp³-hybridized carbons (Fsp3) is 0.688. The number of aromatic nitrogens is 2. The van der Waals surface area contributed by atoms with E-state index in [1.165, 1.54) is 6.42 Å². The lowest BCUT2D eigenvalue weighted by atomic mass is 9.77. The number of carbonyl (C=O) groups is 1. The second-order valence-electron chi connectivity index (χ2n) is 7.14. The summed E-state index contributed by atoms with van der Waals surface area (Å²) in [7, 11) is -3.40. The molecule has 0 amide bonds. The first-order valence-corrected chi connectivity index (χ1v) is 10.0. The van der Waals surface area contributed by atoms with E-state index >= 15 is 0 Å². The zero-order valence-electron chi connectivity index (χ0n) is 13.6. The molecule has 2 atom stereocenters. The minimum absolute atomic E-state index is 0.184. The van der Waals surface area contributed by atoms with Crippen LogP contribution in [-0.2, 0) is 25.0 Å². The van der Waals surface area contributed by atoms with Gasteiger partial charge in [-0.3, -0.25) is 9.52 Å². The summed E-state index contributed by atoms with van der Waals surface area (Å²) in [6.07, 6.45) is 5.59. The Morgan fingerprint density at radius 1 is 1.38 bits per heavy atom. The first-order chi connectivity index (χ1) is 11.4. The quantitative estimate of drug-likeness (QED) is 0.782. The highest BCUT2D eigenvalue weighted by molar-refractivity contribution is 7.93. The number of nitrogens with one attached hydrogen (secondary N) is 1. The van der Waals surface area contributed by atoms with Gasteiger partial charge in [-0.1, -0.05) is 0 Å². The Labute approximate surface area is 141 Å². The Morgan fingerprint density at radius 3 is 2.71 bits per heavy atom. The molecule has 3 saturated carbocycles. The zero-order chi connectivity index (χ0) is 16.9. The van der Waals surface area contributed by atoms with Gasteiger partial charge in [-0.25, -0.2) is 8.42 Å². The van der Waals surface area contributed by atoms with E-state index in [-0.39, 0.29) is 17.0 Å². The van der Waals surface area contributed by atoms with Gasteiger partial charge in [0.1, 0.15) is 0 Å². The van der Waals surface area contributed by atoms with E-state index < -0.39 is 15.4 Å². The number of rotatable bonds is 6. The maximum Gasteiger partial charge on any atom is 0.316 e. The predicted molar refractivity (Wildman–Crippen MR) is 86.7 cm³/mol. The fourth-order valence-electron chi connectivity index (χ4n) is 3.86. The van der Waals surface area contributed by atoms with Crippen molar-refractivity contribution in [2.75, 3.05) is 11.3 Å². The Balaban J connectivity index is 1.64. The highest BCUT2D eigenvalue weighted by Crippen LogP contribution is 2.61. The van der Waals surface area contributed by atoms with Crippen LogP contribution >= 0.6 is 0 Å². The standard InChI is InChI=1S/C16H21N3O4S/c1-2-23-15(20)16(7-10-5-11(10)8-16)12-6-14(18-17-9-12)19-24(21,22)13-3-4-13/h6,9-11,13H,2-5,7-8H2,1H3,(H,18,19). The molecule has 4 rings (SSSR count). The number of sulfonamides is 1. The molecule has 0 radical (unpaired) electrons. The van der Waals surface area contributed by atoms with E-state index in [4.69, 9.17) is 4.74 Å². The van der Waals surface area contributed by atoms with Crippen molar-refractivity contribution in [1.29, 1.82) is 0 Å². The van der Waals surface area contributed by atoms with Crippen LogP contribution in [0.1, 0.15) is 44.6 Å². The monoisotopic (exact) mass is 351 g/mol. The van der Waals surface area contributed by atoms with Crippen LogP contribution < -0.4 is 4.72 Å². The lowest BCUT2D eigenvalue weighted by Gasteiger charge is -2.28. The average molecular weight is 351 g/mol. The molecule has 0 aromatic carbocycles. The van der Waals surface area contributed by atoms with E-state index in [9.17, 15) is 13.2 Å². The van der Waals surface area contributed by atoms with E-state index in [2.05, 4.69) is 14.9 Å². The van der Waals surface area contributed by atoms with Gasteiger partial charge in [-0.05, 0) is 62.5 Å². The van der Waals surface area contributed by atoms with Crippen molar-refractivity contribution in [3.8, 4) is 0 Å². The number of nitrogens with zero attached hydrogens (tertiary/aromatic N) is 2. The van der Waals surface area contributed by atoms with Crippen LogP contribution in [0.3, 0.4) is 0 Å². The highest BCUT2D eigenvalue weighted by Gasteiger charge is 2.59. The summed E-state index contributed by atoms with van der Waals surface area (Å²) >= 11 is 0. The molecule has 3 aliphatic carbocycles. The van der Waals surface area contributed by atoms with E-state index in [1.807, 2.05) is 0 Å². The maximum absolute atomic E-state index is 12.6. The number of anilines is 1. The van der Waals surface area contributed by atoms with Crippen LogP contribution in [-0.4, -0.2) is 36.4 Å². The Kier molecular flexibility index (Phi) is 3.56. The van der Waals surface area contributed by atoms with E-state index in [1.54, 1.807) is 19.2 Å². The lowest BCUT2D eigenvalue weighted by molar-refractivity contribution is -0.150. The molecular weight excluding hydrogens is 330 g/mol. The Morgan fingerprint density at radius 2 is 2.08 bits per heavy atom. The first-order valence-electron chi connectivity index (χ1n) is 8.46. The van der Waals surface area contributed by atoms with Crippen molar-refractivity contribution >= 4 is 21.8 Å². The van der Waals surface area contributed by atoms with Crippen molar-refractivity contribution in [1.82, 2.24) is 10.2 Å². The minimum atomic E-state index is -3.40. The molecule has 1 aromatic rings. The molecule has 3 fully saturated rings. The number of carbonyl (C=O) groups excluding carboxylic acids is 1. The largest absolute Gasteiger partial charge is 0.465 e. The van der Waals surface area contributed by atoms with Gasteiger partial charge in [0.2, 0.25) is 10.0 Å². The maximum atomic E-state index is 12.6. The van der Waals surface area contributed by atoms with Crippen LogP contribution in [0, 0.1) is 11.8 Å². The van der Waals surface area contributed by atoms with Gasteiger partial charge in [-0.2, -0.15) is 5.10 Å². The Bertz CT molecular complexity index is 765. The topological polar surface area (TPSA) is 98.2 Å². The van der Waals surface area contributed by atoms with Gasteiger partial charge in [0.05, 0.1) is 23.5 Å². The first kappa shape index (κ1) is 15.8. The molecular formula is C16H21N3O4S. The van der Waals surface area contributed by atoms with E-state index in [0.717, 1.165) is 12.8 Å². The lowest BCUT2D eigenvalue weighted by Crippen LogP contribution is -2.36. The summed E-state index contributed by atoms with van der Waals surface area (Å²) < 4.78 is 32.0. The zero-order valence-corrected chi connectivity index (χ0v) is 14.4. The number of hydrogen-bond acceptors (Lipinski definition) is 6. The smallest absolute Gasteiger partial charge is 0.316 e.